The van der Waals surface area contributed by atoms with Crippen LogP contribution in [0.3, 0.4) is 0 Å². The summed E-state index contributed by atoms with van der Waals surface area (Å²) in [6.07, 6.45) is 3.13. The number of carbonyl (C=O) groups is 1. The smallest absolute Gasteiger partial charge is 0.278 e. The highest BCUT2D eigenvalue weighted by Crippen LogP contribution is 2.23. The van der Waals surface area contributed by atoms with Crippen LogP contribution in [0.5, 0.6) is 0 Å². The molecule has 0 saturated heterocycles. The van der Waals surface area contributed by atoms with Crippen molar-refractivity contribution < 1.29 is 4.79 Å². The number of nitrogens with one attached hydrogen (secondary N) is 2. The number of anilines is 2. The van der Waals surface area contributed by atoms with E-state index in [1.807, 2.05) is 6.92 Å². The Morgan fingerprint density at radius 2 is 2.35 bits per heavy atom. The number of aromatic nitrogens is 3. The van der Waals surface area contributed by atoms with Gasteiger partial charge in [0.25, 0.3) is 5.91 Å². The number of H-pyrrole nitrogens is 1. The van der Waals surface area contributed by atoms with E-state index in [9.17, 15) is 4.79 Å². The average molecular weight is 359 g/mol. The number of hydrogen-bond donors (Lipinski definition) is 3. The molecule has 1 amide bonds. The second-order valence-corrected chi connectivity index (χ2v) is 5.38. The van der Waals surface area contributed by atoms with Gasteiger partial charge in [-0.05, 0) is 28.4 Å². The molecule has 106 valence electrons. The number of rotatable bonds is 4. The molecule has 2 rings (SSSR count). The van der Waals surface area contributed by atoms with Crippen LogP contribution in [-0.2, 0) is 6.42 Å². The number of carbonyl (C=O) groups excluding carboxylic acids is 1. The van der Waals surface area contributed by atoms with E-state index in [1.165, 1.54) is 6.20 Å². The van der Waals surface area contributed by atoms with Gasteiger partial charge in [-0.15, -0.1) is 0 Å². The Morgan fingerprint density at radius 3 is 3.00 bits per heavy atom. The predicted molar refractivity (Wildman–Crippen MR) is 81.9 cm³/mol. The molecule has 0 aliphatic heterocycles. The Kier molecular flexibility index (Phi) is 4.61. The van der Waals surface area contributed by atoms with E-state index in [1.54, 1.807) is 6.07 Å². The number of pyridine rings is 1. The summed E-state index contributed by atoms with van der Waals surface area (Å²) >= 11 is 9.03. The molecule has 2 aromatic heterocycles. The lowest BCUT2D eigenvalue weighted by atomic mass is 10.2. The summed E-state index contributed by atoms with van der Waals surface area (Å²) in [6, 6.07) is 1.66. The Hall–Kier alpha value is -1.60. The number of nitrogens with two attached hydrogens (primary N) is 1. The van der Waals surface area contributed by atoms with Crippen LogP contribution in [0.15, 0.2) is 16.7 Å². The Balaban J connectivity index is 2.17. The first-order valence-corrected chi connectivity index (χ1v) is 7.15. The largest absolute Gasteiger partial charge is 0.395 e. The van der Waals surface area contributed by atoms with Crippen LogP contribution in [0.25, 0.3) is 0 Å². The molecule has 0 aliphatic carbocycles. The van der Waals surface area contributed by atoms with Crippen molar-refractivity contribution in [1.29, 1.82) is 0 Å². The van der Waals surface area contributed by atoms with E-state index in [0.29, 0.717) is 21.0 Å². The fraction of sp³-hybridized carbons (Fsp3) is 0.250. The van der Waals surface area contributed by atoms with E-state index >= 15 is 0 Å². The van der Waals surface area contributed by atoms with Gasteiger partial charge in [0.05, 0.1) is 27.7 Å². The highest BCUT2D eigenvalue weighted by Gasteiger charge is 2.17. The molecule has 6 nitrogen and oxygen atoms in total. The molecular formula is C12H13BrClN5O. The molecule has 2 heterocycles. The summed E-state index contributed by atoms with van der Waals surface area (Å²) in [6.45, 7) is 2.02. The first-order chi connectivity index (χ1) is 9.52. The molecule has 0 aliphatic rings. The van der Waals surface area contributed by atoms with Gasteiger partial charge in [0.1, 0.15) is 5.15 Å². The average Bonchev–Trinajstić information content (AvgIpc) is 2.76. The third-order valence-corrected chi connectivity index (χ3v) is 3.79. The van der Waals surface area contributed by atoms with Gasteiger partial charge in [-0.2, -0.15) is 5.10 Å². The zero-order chi connectivity index (χ0) is 14.7. The first kappa shape index (κ1) is 14.8. The zero-order valence-electron chi connectivity index (χ0n) is 10.7. The van der Waals surface area contributed by atoms with Crippen molar-refractivity contribution in [3.8, 4) is 0 Å². The van der Waals surface area contributed by atoms with Crippen molar-refractivity contribution in [2.24, 2.45) is 0 Å². The Morgan fingerprint density at radius 1 is 1.60 bits per heavy atom. The maximum absolute atomic E-state index is 12.1. The van der Waals surface area contributed by atoms with Gasteiger partial charge in [-0.3, -0.25) is 9.89 Å². The van der Waals surface area contributed by atoms with Gasteiger partial charge in [0.2, 0.25) is 0 Å². The third-order valence-electron chi connectivity index (χ3n) is 2.65. The molecule has 0 radical (unpaired) electrons. The van der Waals surface area contributed by atoms with Crippen LogP contribution in [-0.4, -0.2) is 21.1 Å². The second kappa shape index (κ2) is 6.23. The second-order valence-electron chi connectivity index (χ2n) is 4.17. The number of amides is 1. The minimum absolute atomic E-state index is 0.180. The molecule has 0 fully saturated rings. The monoisotopic (exact) mass is 357 g/mol. The van der Waals surface area contributed by atoms with Gasteiger partial charge in [-0.25, -0.2) is 4.98 Å². The Bertz CT molecular complexity index is 643. The minimum atomic E-state index is -0.392. The number of nitrogen functional groups attached to an aromatic ring is 1. The van der Waals surface area contributed by atoms with Gasteiger partial charge in [-0.1, -0.05) is 24.9 Å². The van der Waals surface area contributed by atoms with Crippen molar-refractivity contribution in [1.82, 2.24) is 15.2 Å². The van der Waals surface area contributed by atoms with E-state index in [4.69, 9.17) is 17.3 Å². The van der Waals surface area contributed by atoms with E-state index in [0.717, 1.165) is 18.5 Å². The lowest BCUT2D eigenvalue weighted by Gasteiger charge is -2.04. The lowest BCUT2D eigenvalue weighted by Crippen LogP contribution is -2.14. The standard InChI is InChI=1S/C12H13BrClN5O/c1-2-3-8-9(15)10(19-18-8)12(20)17-6-4-7(13)11(14)16-5-6/h4-5H,2-3,15H2,1H3,(H,17,20)(H,18,19). The van der Waals surface area contributed by atoms with Gasteiger partial charge in [0, 0.05) is 0 Å². The summed E-state index contributed by atoms with van der Waals surface area (Å²) in [7, 11) is 0. The molecule has 20 heavy (non-hydrogen) atoms. The number of aromatic amines is 1. The van der Waals surface area contributed by atoms with E-state index < -0.39 is 5.91 Å². The molecule has 0 unspecified atom stereocenters. The van der Waals surface area contributed by atoms with Crippen molar-refractivity contribution in [2.45, 2.75) is 19.8 Å². The molecule has 0 aromatic carbocycles. The van der Waals surface area contributed by atoms with Crippen molar-refractivity contribution >= 4 is 44.8 Å². The predicted octanol–water partition coefficient (Wildman–Crippen LogP) is 3.01. The van der Waals surface area contributed by atoms with Gasteiger partial charge in [0.15, 0.2) is 5.69 Å². The highest BCUT2D eigenvalue weighted by molar-refractivity contribution is 9.10. The van der Waals surface area contributed by atoms with Crippen LogP contribution in [0.1, 0.15) is 29.5 Å². The SMILES string of the molecule is CCCc1[nH]nc(C(=O)Nc2cnc(Cl)c(Br)c2)c1N. The van der Waals surface area contributed by atoms with E-state index in [2.05, 4.69) is 36.4 Å². The van der Waals surface area contributed by atoms with Crippen LogP contribution in [0.2, 0.25) is 5.15 Å². The van der Waals surface area contributed by atoms with Crippen molar-refractivity contribution in [3.63, 3.8) is 0 Å². The highest BCUT2D eigenvalue weighted by atomic mass is 79.9. The molecule has 4 N–H and O–H groups in total. The molecule has 0 atom stereocenters. The normalized spacial score (nSPS) is 10.6. The number of nitrogens with zero attached hydrogens (tertiary/aromatic N) is 2. The maximum Gasteiger partial charge on any atom is 0.278 e. The minimum Gasteiger partial charge on any atom is -0.395 e. The van der Waals surface area contributed by atoms with Gasteiger partial charge >= 0.3 is 0 Å². The molecule has 2 aromatic rings. The van der Waals surface area contributed by atoms with Crippen molar-refractivity contribution in [3.05, 3.63) is 33.3 Å². The Labute approximate surface area is 129 Å². The van der Waals surface area contributed by atoms with Gasteiger partial charge < -0.3 is 11.1 Å². The summed E-state index contributed by atoms with van der Waals surface area (Å²) < 4.78 is 0.596. The quantitative estimate of drug-likeness (QED) is 0.732. The van der Waals surface area contributed by atoms with Crippen LogP contribution < -0.4 is 11.1 Å². The first-order valence-electron chi connectivity index (χ1n) is 5.98. The summed E-state index contributed by atoms with van der Waals surface area (Å²) in [5.74, 6) is -0.392. The topological polar surface area (TPSA) is 96.7 Å². The van der Waals surface area contributed by atoms with Crippen molar-refractivity contribution in [2.75, 3.05) is 11.1 Å². The van der Waals surface area contributed by atoms with Crippen LogP contribution in [0, 0.1) is 0 Å². The molecule has 0 bridgehead atoms. The summed E-state index contributed by atoms with van der Waals surface area (Å²) in [5, 5.41) is 9.73. The molecule has 8 heteroatoms. The maximum atomic E-state index is 12.1. The fourth-order valence-electron chi connectivity index (χ4n) is 1.68. The third kappa shape index (κ3) is 3.10. The number of halogens is 2. The van der Waals surface area contributed by atoms with Crippen LogP contribution in [0.4, 0.5) is 11.4 Å². The fourth-order valence-corrected chi connectivity index (χ4v) is 2.13. The molecular weight excluding hydrogens is 346 g/mol. The summed E-state index contributed by atoms with van der Waals surface area (Å²) in [5.41, 5.74) is 7.73. The summed E-state index contributed by atoms with van der Waals surface area (Å²) in [4.78, 5) is 16.0. The lowest BCUT2D eigenvalue weighted by molar-refractivity contribution is 0.102. The molecule has 0 spiro atoms. The molecule has 0 saturated carbocycles. The number of hydrogen-bond acceptors (Lipinski definition) is 4. The zero-order valence-corrected chi connectivity index (χ0v) is 13.0. The number of aryl methyl sites for hydroxylation is 1. The van der Waals surface area contributed by atoms with E-state index in [-0.39, 0.29) is 5.69 Å². The van der Waals surface area contributed by atoms with Crippen LogP contribution >= 0.6 is 27.5 Å².